The number of carbonyl (C=O) groups is 2. The standard InChI is InChI=1S/C35H34ClFN4O7/c36-25-20-24(6-7-27(25)41(23-4-2-22(37)3-5-23)34(43)35(9-10-35)33(38)42)48-28-8-11-39-26-21-29(31-32(30(26)28)47-19-18-46-31)45-15-1-12-40-13-16-44-17-14-40/h2-8,11,20-21H,1,9-10,12-19H2,(H2,38,42). The summed E-state index contributed by atoms with van der Waals surface area (Å²) in [6.45, 7) is 5.47. The minimum atomic E-state index is -1.34. The molecule has 1 aromatic heterocycles. The average Bonchev–Trinajstić information content (AvgIpc) is 3.92. The Morgan fingerprint density at radius 3 is 2.44 bits per heavy atom. The van der Waals surface area contributed by atoms with Crippen LogP contribution < -0.4 is 29.6 Å². The predicted molar refractivity (Wildman–Crippen MR) is 176 cm³/mol. The van der Waals surface area contributed by atoms with Crippen LogP contribution in [0.25, 0.3) is 10.9 Å². The molecule has 4 aromatic rings. The monoisotopic (exact) mass is 676 g/mol. The summed E-state index contributed by atoms with van der Waals surface area (Å²) in [5, 5.41) is 0.770. The molecule has 0 spiro atoms. The summed E-state index contributed by atoms with van der Waals surface area (Å²) in [6, 6.07) is 13.7. The Labute approximate surface area is 281 Å². The SMILES string of the molecule is NC(=O)C1(C(=O)N(c2ccc(F)cc2)c2ccc(Oc3ccnc4cc(OCCCN5CCOCC5)c5c(c34)OCCO5)cc2Cl)CC1. The molecule has 1 aliphatic carbocycles. The highest BCUT2D eigenvalue weighted by Gasteiger charge is 2.57. The molecule has 2 aliphatic heterocycles. The van der Waals surface area contributed by atoms with E-state index in [1.165, 1.54) is 29.2 Å². The predicted octanol–water partition coefficient (Wildman–Crippen LogP) is 5.62. The van der Waals surface area contributed by atoms with E-state index >= 15 is 0 Å². The summed E-state index contributed by atoms with van der Waals surface area (Å²) in [5.41, 5.74) is 5.51. The molecule has 11 nitrogen and oxygen atoms in total. The van der Waals surface area contributed by atoms with Crippen molar-refractivity contribution in [2.24, 2.45) is 11.1 Å². The van der Waals surface area contributed by atoms with Gasteiger partial charge in [0.1, 0.15) is 35.9 Å². The van der Waals surface area contributed by atoms with Crippen LogP contribution in [0.4, 0.5) is 15.8 Å². The van der Waals surface area contributed by atoms with E-state index in [0.29, 0.717) is 78.0 Å². The topological polar surface area (TPSA) is 126 Å². The first-order chi connectivity index (χ1) is 23.3. The van der Waals surface area contributed by atoms with Gasteiger partial charge in [0.25, 0.3) is 0 Å². The van der Waals surface area contributed by atoms with E-state index in [2.05, 4.69) is 9.88 Å². The van der Waals surface area contributed by atoms with Crippen LogP contribution in [0.15, 0.2) is 60.8 Å². The Balaban J connectivity index is 1.16. The normalized spacial score (nSPS) is 16.7. The number of hydrogen-bond acceptors (Lipinski definition) is 9. The average molecular weight is 677 g/mol. The van der Waals surface area contributed by atoms with Gasteiger partial charge in [0, 0.05) is 43.7 Å². The van der Waals surface area contributed by atoms with E-state index in [-0.39, 0.29) is 10.7 Å². The number of ether oxygens (including phenoxy) is 5. The van der Waals surface area contributed by atoms with Crippen LogP contribution in [0.5, 0.6) is 28.7 Å². The number of hydrogen-bond donors (Lipinski definition) is 1. The Morgan fingerprint density at radius 1 is 0.979 bits per heavy atom. The summed E-state index contributed by atoms with van der Waals surface area (Å²) in [5.74, 6) is 0.614. The second-order valence-electron chi connectivity index (χ2n) is 11.9. The molecule has 7 rings (SSSR count). The zero-order valence-electron chi connectivity index (χ0n) is 26.1. The second kappa shape index (κ2) is 13.5. The van der Waals surface area contributed by atoms with Crippen molar-refractivity contribution in [2.75, 3.05) is 57.6 Å². The number of benzene rings is 3. The maximum absolute atomic E-state index is 13.8. The highest BCUT2D eigenvalue weighted by molar-refractivity contribution is 6.34. The van der Waals surface area contributed by atoms with Gasteiger partial charge in [0.2, 0.25) is 17.6 Å². The van der Waals surface area contributed by atoms with Crippen LogP contribution in [0, 0.1) is 11.2 Å². The zero-order valence-corrected chi connectivity index (χ0v) is 26.8. The number of rotatable bonds is 11. The maximum Gasteiger partial charge on any atom is 0.247 e. The summed E-state index contributed by atoms with van der Waals surface area (Å²) < 4.78 is 43.8. The summed E-state index contributed by atoms with van der Waals surface area (Å²) >= 11 is 6.78. The molecule has 3 aliphatic rings. The number of pyridine rings is 1. The van der Waals surface area contributed by atoms with E-state index in [9.17, 15) is 14.0 Å². The van der Waals surface area contributed by atoms with Gasteiger partial charge in [-0.15, -0.1) is 0 Å². The van der Waals surface area contributed by atoms with Gasteiger partial charge in [-0.3, -0.25) is 24.4 Å². The van der Waals surface area contributed by atoms with Crippen LogP contribution in [0.3, 0.4) is 0 Å². The number of nitrogens with two attached hydrogens (primary N) is 1. The minimum Gasteiger partial charge on any atom is -0.489 e. The first kappa shape index (κ1) is 31.9. The van der Waals surface area contributed by atoms with Crippen molar-refractivity contribution in [3.05, 3.63) is 71.6 Å². The lowest BCUT2D eigenvalue weighted by Crippen LogP contribution is -2.41. The Kier molecular flexibility index (Phi) is 8.95. The summed E-state index contributed by atoms with van der Waals surface area (Å²) in [4.78, 5) is 34.2. The van der Waals surface area contributed by atoms with E-state index in [0.717, 1.165) is 39.3 Å². The highest BCUT2D eigenvalue weighted by atomic mass is 35.5. The third-order valence-corrected chi connectivity index (χ3v) is 9.03. The van der Waals surface area contributed by atoms with Crippen molar-refractivity contribution in [1.82, 2.24) is 9.88 Å². The van der Waals surface area contributed by atoms with Crippen LogP contribution >= 0.6 is 11.6 Å². The van der Waals surface area contributed by atoms with Gasteiger partial charge in [0.15, 0.2) is 11.5 Å². The molecule has 0 unspecified atom stereocenters. The zero-order chi connectivity index (χ0) is 33.3. The van der Waals surface area contributed by atoms with Crippen molar-refractivity contribution in [3.63, 3.8) is 0 Å². The molecule has 1 saturated carbocycles. The molecule has 13 heteroatoms. The van der Waals surface area contributed by atoms with Crippen LogP contribution in [0.1, 0.15) is 19.3 Å². The number of morpholine rings is 1. The van der Waals surface area contributed by atoms with Gasteiger partial charge < -0.3 is 29.4 Å². The van der Waals surface area contributed by atoms with Gasteiger partial charge in [-0.1, -0.05) is 11.6 Å². The molecule has 0 radical (unpaired) electrons. The van der Waals surface area contributed by atoms with E-state index in [1.54, 1.807) is 30.5 Å². The molecule has 1 saturated heterocycles. The van der Waals surface area contributed by atoms with Crippen LogP contribution in [-0.2, 0) is 14.3 Å². The Bertz CT molecular complexity index is 1850. The lowest BCUT2D eigenvalue weighted by atomic mass is 10.0. The fraction of sp³-hybridized carbons (Fsp3) is 0.343. The van der Waals surface area contributed by atoms with Crippen molar-refractivity contribution < 1.29 is 37.7 Å². The van der Waals surface area contributed by atoms with Crippen molar-refractivity contribution in [3.8, 4) is 28.7 Å². The first-order valence-electron chi connectivity index (χ1n) is 15.9. The number of fused-ring (bicyclic) bond motifs is 3. The molecule has 2 fully saturated rings. The first-order valence-corrected chi connectivity index (χ1v) is 16.2. The van der Waals surface area contributed by atoms with Gasteiger partial charge in [-0.2, -0.15) is 0 Å². The number of carbonyl (C=O) groups excluding carboxylic acids is 2. The molecule has 250 valence electrons. The van der Waals surface area contributed by atoms with Gasteiger partial charge in [-0.25, -0.2) is 4.39 Å². The minimum absolute atomic E-state index is 0.165. The fourth-order valence-corrected chi connectivity index (χ4v) is 6.24. The number of anilines is 2. The molecule has 3 aromatic carbocycles. The third-order valence-electron chi connectivity index (χ3n) is 8.73. The molecular weight excluding hydrogens is 643 g/mol. The molecular formula is C35H34ClFN4O7. The highest BCUT2D eigenvalue weighted by Crippen LogP contribution is 2.51. The molecule has 0 atom stereocenters. The Morgan fingerprint density at radius 2 is 1.73 bits per heavy atom. The third kappa shape index (κ3) is 6.30. The lowest BCUT2D eigenvalue weighted by Gasteiger charge is -2.27. The van der Waals surface area contributed by atoms with Crippen LogP contribution in [0.2, 0.25) is 5.02 Å². The van der Waals surface area contributed by atoms with Gasteiger partial charge >= 0.3 is 0 Å². The van der Waals surface area contributed by atoms with Crippen molar-refractivity contribution in [2.45, 2.75) is 19.3 Å². The number of primary amides is 1. The van der Waals surface area contributed by atoms with Crippen molar-refractivity contribution >= 4 is 45.7 Å². The number of nitrogens with zero attached hydrogens (tertiary/aromatic N) is 3. The number of halogens is 2. The second-order valence-corrected chi connectivity index (χ2v) is 12.3. The van der Waals surface area contributed by atoms with E-state index in [1.807, 2.05) is 6.07 Å². The number of aromatic nitrogens is 1. The summed E-state index contributed by atoms with van der Waals surface area (Å²) in [6.07, 6.45) is 3.11. The van der Waals surface area contributed by atoms with Crippen molar-refractivity contribution in [1.29, 1.82) is 0 Å². The molecule has 2 amide bonds. The fourth-order valence-electron chi connectivity index (χ4n) is 5.98. The molecule has 48 heavy (non-hydrogen) atoms. The molecule has 3 heterocycles. The van der Waals surface area contributed by atoms with Crippen LogP contribution in [-0.4, -0.2) is 74.4 Å². The van der Waals surface area contributed by atoms with Gasteiger partial charge in [-0.05, 0) is 61.7 Å². The van der Waals surface area contributed by atoms with E-state index in [4.69, 9.17) is 41.0 Å². The summed E-state index contributed by atoms with van der Waals surface area (Å²) in [7, 11) is 0. The smallest absolute Gasteiger partial charge is 0.247 e. The quantitative estimate of drug-likeness (QED) is 0.159. The van der Waals surface area contributed by atoms with Gasteiger partial charge in [0.05, 0.1) is 41.4 Å². The van der Waals surface area contributed by atoms with E-state index < -0.39 is 23.0 Å². The maximum atomic E-state index is 13.8. The molecule has 2 N–H and O–H groups in total. The lowest BCUT2D eigenvalue weighted by molar-refractivity contribution is -0.133. The molecule has 0 bridgehead atoms. The Hall–Kier alpha value is -4.65. The largest absolute Gasteiger partial charge is 0.489 e. The number of amides is 2.